The number of alkyl halides is 2. The van der Waals surface area contributed by atoms with Gasteiger partial charge in [-0.05, 0) is 11.6 Å². The molecule has 1 aromatic heterocycles. The lowest BCUT2D eigenvalue weighted by Gasteiger charge is -2.06. The molecule has 1 rings (SSSR count). The molecule has 0 spiro atoms. The molecule has 0 unspecified atom stereocenters. The van der Waals surface area contributed by atoms with Gasteiger partial charge in [-0.25, -0.2) is 13.8 Å². The Labute approximate surface area is 84.1 Å². The van der Waals surface area contributed by atoms with E-state index >= 15 is 0 Å². The van der Waals surface area contributed by atoms with Gasteiger partial charge in [-0.3, -0.25) is 0 Å². The molecular weight excluding hydrogens is 212 g/mol. The molecule has 74 valence electrons. The minimum Gasteiger partial charge on any atom is -0.326 e. The van der Waals surface area contributed by atoms with Gasteiger partial charge in [0.15, 0.2) is 5.69 Å². The number of pyridine rings is 1. The molecule has 0 atom stereocenters. The summed E-state index contributed by atoms with van der Waals surface area (Å²) in [5.41, 5.74) is 4.70. The van der Waals surface area contributed by atoms with Crippen molar-refractivity contribution < 1.29 is 8.78 Å². The first-order valence-electron chi connectivity index (χ1n) is 3.67. The maximum absolute atomic E-state index is 12.4. The highest BCUT2D eigenvalue weighted by Gasteiger charge is 2.17. The van der Waals surface area contributed by atoms with Crippen molar-refractivity contribution in [3.05, 3.63) is 28.0 Å². The molecule has 2 N–H and O–H groups in total. The zero-order chi connectivity index (χ0) is 10.7. The van der Waals surface area contributed by atoms with E-state index in [9.17, 15) is 8.78 Å². The van der Waals surface area contributed by atoms with E-state index in [4.69, 9.17) is 22.6 Å². The summed E-state index contributed by atoms with van der Waals surface area (Å²) >= 11 is 5.60. The Morgan fingerprint density at radius 1 is 1.64 bits per heavy atom. The third kappa shape index (κ3) is 1.97. The Morgan fingerprint density at radius 2 is 2.29 bits per heavy atom. The number of halogens is 3. The van der Waals surface area contributed by atoms with Gasteiger partial charge in [0, 0.05) is 6.54 Å². The lowest BCUT2D eigenvalue weighted by molar-refractivity contribution is 0.144. The van der Waals surface area contributed by atoms with Gasteiger partial charge in [0.25, 0.3) is 6.43 Å². The lowest BCUT2D eigenvalue weighted by Crippen LogP contribution is -2.06. The number of nitriles is 1. The van der Waals surface area contributed by atoms with Crippen LogP contribution in [0, 0.1) is 11.3 Å². The first kappa shape index (κ1) is 10.8. The number of nitrogens with zero attached hydrogens (tertiary/aromatic N) is 2. The molecule has 0 amide bonds. The average molecular weight is 218 g/mol. The summed E-state index contributed by atoms with van der Waals surface area (Å²) in [6.07, 6.45) is -2.75. The fraction of sp³-hybridized carbons (Fsp3) is 0.250. The quantitative estimate of drug-likeness (QED) is 0.824. The third-order valence-electron chi connectivity index (χ3n) is 1.62. The smallest absolute Gasteiger partial charge is 0.280 e. The van der Waals surface area contributed by atoms with E-state index in [0.29, 0.717) is 0 Å². The van der Waals surface area contributed by atoms with Crippen LogP contribution in [0.25, 0.3) is 0 Å². The molecule has 0 aliphatic carbocycles. The topological polar surface area (TPSA) is 62.7 Å². The number of hydrogen-bond donors (Lipinski definition) is 1. The fourth-order valence-electron chi connectivity index (χ4n) is 0.972. The molecule has 1 heterocycles. The summed E-state index contributed by atoms with van der Waals surface area (Å²) < 4.78 is 24.8. The van der Waals surface area contributed by atoms with Crippen LogP contribution >= 0.6 is 11.6 Å². The Balaban J connectivity index is 3.34. The van der Waals surface area contributed by atoms with Crippen molar-refractivity contribution in [1.29, 1.82) is 5.26 Å². The predicted octanol–water partition coefficient (Wildman–Crippen LogP) is 2.00. The van der Waals surface area contributed by atoms with Crippen molar-refractivity contribution in [3.63, 3.8) is 0 Å². The van der Waals surface area contributed by atoms with Crippen molar-refractivity contribution in [2.75, 3.05) is 0 Å². The van der Waals surface area contributed by atoms with E-state index in [0.717, 1.165) is 0 Å². The average Bonchev–Trinajstić information content (AvgIpc) is 2.16. The largest absolute Gasteiger partial charge is 0.326 e. The van der Waals surface area contributed by atoms with Gasteiger partial charge in [-0.1, -0.05) is 11.6 Å². The van der Waals surface area contributed by atoms with E-state index in [2.05, 4.69) is 4.98 Å². The van der Waals surface area contributed by atoms with E-state index < -0.39 is 12.1 Å². The molecule has 0 aliphatic heterocycles. The van der Waals surface area contributed by atoms with Gasteiger partial charge >= 0.3 is 0 Å². The first-order valence-corrected chi connectivity index (χ1v) is 4.05. The maximum atomic E-state index is 12.4. The van der Waals surface area contributed by atoms with Gasteiger partial charge in [0.05, 0.1) is 5.02 Å². The summed E-state index contributed by atoms with van der Waals surface area (Å²) in [5, 5.41) is 8.55. The minimum atomic E-state index is -2.75. The highest BCUT2D eigenvalue weighted by Crippen LogP contribution is 2.25. The van der Waals surface area contributed by atoms with Crippen LogP contribution in [0.1, 0.15) is 23.4 Å². The Morgan fingerprint density at radius 3 is 2.71 bits per heavy atom. The van der Waals surface area contributed by atoms with Crippen LogP contribution in [0.3, 0.4) is 0 Å². The Hall–Kier alpha value is -1.25. The molecule has 0 saturated carbocycles. The van der Waals surface area contributed by atoms with Gasteiger partial charge in [0.2, 0.25) is 0 Å². The van der Waals surface area contributed by atoms with Crippen molar-refractivity contribution in [2.24, 2.45) is 5.73 Å². The zero-order valence-electron chi connectivity index (χ0n) is 6.97. The van der Waals surface area contributed by atoms with Crippen LogP contribution in [0.4, 0.5) is 8.78 Å². The second-order valence-electron chi connectivity index (χ2n) is 2.48. The van der Waals surface area contributed by atoms with Crippen LogP contribution in [0.2, 0.25) is 5.02 Å². The molecule has 0 aliphatic rings. The van der Waals surface area contributed by atoms with E-state index in [1.807, 2.05) is 0 Å². The first-order chi connectivity index (χ1) is 6.60. The lowest BCUT2D eigenvalue weighted by atomic mass is 10.2. The SMILES string of the molecule is N#Cc1nc(C(F)F)c(CN)cc1Cl. The molecule has 14 heavy (non-hydrogen) atoms. The van der Waals surface area contributed by atoms with Crippen molar-refractivity contribution in [1.82, 2.24) is 4.98 Å². The van der Waals surface area contributed by atoms with E-state index in [1.54, 1.807) is 6.07 Å². The maximum Gasteiger partial charge on any atom is 0.280 e. The van der Waals surface area contributed by atoms with E-state index in [-0.39, 0.29) is 22.8 Å². The molecule has 1 aromatic rings. The minimum absolute atomic E-state index is 0.0392. The number of rotatable bonds is 2. The van der Waals surface area contributed by atoms with Gasteiger partial charge in [0.1, 0.15) is 11.8 Å². The summed E-state index contributed by atoms with van der Waals surface area (Å²) in [4.78, 5) is 3.44. The van der Waals surface area contributed by atoms with E-state index in [1.165, 1.54) is 6.07 Å². The fourth-order valence-corrected chi connectivity index (χ4v) is 1.19. The Kier molecular flexibility index (Phi) is 3.33. The molecule has 0 aromatic carbocycles. The molecule has 3 nitrogen and oxygen atoms in total. The van der Waals surface area contributed by atoms with Gasteiger partial charge in [-0.15, -0.1) is 0 Å². The van der Waals surface area contributed by atoms with Crippen LogP contribution in [-0.4, -0.2) is 4.98 Å². The third-order valence-corrected chi connectivity index (χ3v) is 1.91. The molecular formula is C8H6ClF2N3. The highest BCUT2D eigenvalue weighted by atomic mass is 35.5. The number of nitrogens with two attached hydrogens (primary N) is 1. The van der Waals surface area contributed by atoms with Crippen LogP contribution in [0.5, 0.6) is 0 Å². The molecule has 0 fully saturated rings. The monoisotopic (exact) mass is 217 g/mol. The van der Waals surface area contributed by atoms with Crippen molar-refractivity contribution in [3.8, 4) is 6.07 Å². The second-order valence-corrected chi connectivity index (χ2v) is 2.89. The van der Waals surface area contributed by atoms with Gasteiger partial charge in [-0.2, -0.15) is 5.26 Å². The number of hydrogen-bond acceptors (Lipinski definition) is 3. The molecule has 0 radical (unpaired) electrons. The van der Waals surface area contributed by atoms with Crippen LogP contribution in [-0.2, 0) is 6.54 Å². The number of aromatic nitrogens is 1. The Bertz CT molecular complexity index is 387. The zero-order valence-corrected chi connectivity index (χ0v) is 7.72. The van der Waals surface area contributed by atoms with Crippen molar-refractivity contribution in [2.45, 2.75) is 13.0 Å². The summed E-state index contributed by atoms with van der Waals surface area (Å²) in [5.74, 6) is 0. The van der Waals surface area contributed by atoms with Gasteiger partial charge < -0.3 is 5.73 Å². The standard InChI is InChI=1S/C8H6ClF2N3/c9-5-1-4(2-12)7(8(10)11)14-6(5)3-13/h1,8H,2,12H2. The summed E-state index contributed by atoms with van der Waals surface area (Å²) in [6.45, 7) is -0.0852. The predicted molar refractivity (Wildman–Crippen MR) is 46.8 cm³/mol. The molecule has 0 saturated heterocycles. The molecule has 0 bridgehead atoms. The summed E-state index contributed by atoms with van der Waals surface area (Å²) in [6, 6.07) is 2.87. The van der Waals surface area contributed by atoms with Crippen LogP contribution in [0.15, 0.2) is 6.07 Å². The van der Waals surface area contributed by atoms with Crippen molar-refractivity contribution >= 4 is 11.6 Å². The normalized spacial score (nSPS) is 10.3. The molecule has 6 heteroatoms. The second kappa shape index (κ2) is 4.31. The summed E-state index contributed by atoms with van der Waals surface area (Å²) in [7, 11) is 0. The van der Waals surface area contributed by atoms with Crippen LogP contribution < -0.4 is 5.73 Å². The highest BCUT2D eigenvalue weighted by molar-refractivity contribution is 6.31.